The summed E-state index contributed by atoms with van der Waals surface area (Å²) in [4.78, 5) is 26.8. The van der Waals surface area contributed by atoms with Gasteiger partial charge in [0.25, 0.3) is 0 Å². The van der Waals surface area contributed by atoms with Crippen LogP contribution in [0.3, 0.4) is 0 Å². The third kappa shape index (κ3) is 4.83. The molecule has 1 heterocycles. The zero-order valence-corrected chi connectivity index (χ0v) is 19.2. The summed E-state index contributed by atoms with van der Waals surface area (Å²) in [5, 5.41) is 7.71. The number of para-hydroxylation sites is 2. The quantitative estimate of drug-likeness (QED) is 0.430. The maximum atomic E-state index is 12.7. The van der Waals surface area contributed by atoms with Gasteiger partial charge in [0.15, 0.2) is 0 Å². The van der Waals surface area contributed by atoms with Crippen LogP contribution in [0, 0.1) is 13.8 Å². The van der Waals surface area contributed by atoms with Crippen LogP contribution in [0.4, 0.5) is 11.4 Å². The zero-order valence-electron chi connectivity index (χ0n) is 19.2. The number of fused-ring (bicyclic) bond motifs is 3. The second kappa shape index (κ2) is 9.34. The molecule has 7 nitrogen and oxygen atoms in total. The van der Waals surface area contributed by atoms with E-state index in [4.69, 9.17) is 9.15 Å². The molecule has 4 aromatic rings. The molecule has 0 saturated carbocycles. The monoisotopic (exact) mass is 445 g/mol. The van der Waals surface area contributed by atoms with E-state index in [2.05, 4.69) is 10.6 Å². The first-order chi connectivity index (χ1) is 15.9. The number of carbonyl (C=O) groups is 2. The summed E-state index contributed by atoms with van der Waals surface area (Å²) >= 11 is 0. The normalized spacial score (nSPS) is 11.2. The largest absolute Gasteiger partial charge is 0.495 e. The molecule has 0 fully saturated rings. The van der Waals surface area contributed by atoms with Crippen molar-refractivity contribution in [1.29, 1.82) is 0 Å². The highest BCUT2D eigenvalue weighted by Gasteiger charge is 2.16. The molecule has 33 heavy (non-hydrogen) atoms. The van der Waals surface area contributed by atoms with Crippen LogP contribution >= 0.6 is 0 Å². The number of aryl methyl sites for hydroxylation is 2. The number of amides is 2. The number of furan rings is 1. The predicted octanol–water partition coefficient (Wildman–Crippen LogP) is 4.72. The van der Waals surface area contributed by atoms with E-state index >= 15 is 0 Å². The van der Waals surface area contributed by atoms with Crippen LogP contribution in [-0.4, -0.2) is 44.0 Å². The lowest BCUT2D eigenvalue weighted by atomic mass is 10.1. The van der Waals surface area contributed by atoms with Crippen molar-refractivity contribution in [2.75, 3.05) is 37.9 Å². The molecule has 1 aromatic heterocycles. The van der Waals surface area contributed by atoms with Gasteiger partial charge in [-0.15, -0.1) is 0 Å². The third-order valence-electron chi connectivity index (χ3n) is 5.55. The summed E-state index contributed by atoms with van der Waals surface area (Å²) in [7, 11) is 3.28. The second-order valence-corrected chi connectivity index (χ2v) is 8.18. The SMILES string of the molecule is COc1cc2c(cc1NC(=O)CN(C)CC(=O)Nc1c(C)cccc1C)oc1ccccc12. The molecule has 4 rings (SSSR count). The lowest BCUT2D eigenvalue weighted by Crippen LogP contribution is -2.36. The molecule has 2 amide bonds. The van der Waals surface area contributed by atoms with Gasteiger partial charge in [0.2, 0.25) is 11.8 Å². The molecular weight excluding hydrogens is 418 g/mol. The van der Waals surface area contributed by atoms with Crippen molar-refractivity contribution in [1.82, 2.24) is 4.90 Å². The molecule has 170 valence electrons. The van der Waals surface area contributed by atoms with Crippen LogP contribution in [0.15, 0.2) is 59.0 Å². The average molecular weight is 446 g/mol. The van der Waals surface area contributed by atoms with Gasteiger partial charge in [0.1, 0.15) is 16.9 Å². The van der Waals surface area contributed by atoms with Crippen molar-refractivity contribution in [2.24, 2.45) is 0 Å². The highest BCUT2D eigenvalue weighted by atomic mass is 16.5. The molecule has 2 N–H and O–H groups in total. The Morgan fingerprint density at radius 2 is 1.55 bits per heavy atom. The molecule has 0 aliphatic rings. The molecule has 0 bridgehead atoms. The summed E-state index contributed by atoms with van der Waals surface area (Å²) in [6, 6.07) is 17.2. The molecule has 0 saturated heterocycles. The molecule has 3 aromatic carbocycles. The third-order valence-corrected chi connectivity index (χ3v) is 5.55. The number of hydrogen-bond donors (Lipinski definition) is 2. The van der Waals surface area contributed by atoms with Gasteiger partial charge in [-0.1, -0.05) is 36.4 Å². The number of ether oxygens (including phenoxy) is 1. The van der Waals surface area contributed by atoms with E-state index in [0.717, 1.165) is 33.2 Å². The fourth-order valence-electron chi connectivity index (χ4n) is 3.94. The summed E-state index contributed by atoms with van der Waals surface area (Å²) in [6.45, 7) is 4.03. The average Bonchev–Trinajstić information content (AvgIpc) is 3.12. The topological polar surface area (TPSA) is 83.8 Å². The van der Waals surface area contributed by atoms with E-state index in [0.29, 0.717) is 17.0 Å². The Balaban J connectivity index is 1.42. The van der Waals surface area contributed by atoms with Gasteiger partial charge in [0.05, 0.1) is 25.9 Å². The molecule has 0 atom stereocenters. The number of anilines is 2. The van der Waals surface area contributed by atoms with Crippen LogP contribution in [0.2, 0.25) is 0 Å². The van der Waals surface area contributed by atoms with Gasteiger partial charge in [-0.2, -0.15) is 0 Å². The highest BCUT2D eigenvalue weighted by Crippen LogP contribution is 2.36. The number of methoxy groups -OCH3 is 1. The van der Waals surface area contributed by atoms with Gasteiger partial charge in [-0.05, 0) is 44.2 Å². The second-order valence-electron chi connectivity index (χ2n) is 8.18. The summed E-state index contributed by atoms with van der Waals surface area (Å²) in [6.07, 6.45) is 0. The maximum Gasteiger partial charge on any atom is 0.238 e. The van der Waals surface area contributed by atoms with Gasteiger partial charge in [-0.25, -0.2) is 0 Å². The fourth-order valence-corrected chi connectivity index (χ4v) is 3.94. The lowest BCUT2D eigenvalue weighted by Gasteiger charge is -2.18. The number of hydrogen-bond acceptors (Lipinski definition) is 5. The fraction of sp³-hybridized carbons (Fsp3) is 0.231. The first-order valence-corrected chi connectivity index (χ1v) is 10.7. The minimum absolute atomic E-state index is 0.0432. The summed E-state index contributed by atoms with van der Waals surface area (Å²) in [5.41, 5.74) is 4.75. The number of rotatable bonds is 7. The number of nitrogens with one attached hydrogen (secondary N) is 2. The molecule has 0 spiro atoms. The zero-order chi connectivity index (χ0) is 23.5. The van der Waals surface area contributed by atoms with Crippen LogP contribution in [-0.2, 0) is 9.59 Å². The van der Waals surface area contributed by atoms with Crippen LogP contribution in [0.25, 0.3) is 21.9 Å². The number of carbonyl (C=O) groups excluding carboxylic acids is 2. The van der Waals surface area contributed by atoms with E-state index in [1.165, 1.54) is 0 Å². The van der Waals surface area contributed by atoms with Gasteiger partial charge < -0.3 is 19.8 Å². The lowest BCUT2D eigenvalue weighted by molar-refractivity contribution is -0.119. The van der Waals surface area contributed by atoms with Crippen LogP contribution < -0.4 is 15.4 Å². The van der Waals surface area contributed by atoms with Crippen LogP contribution in [0.1, 0.15) is 11.1 Å². The number of likely N-dealkylation sites (N-methyl/N-ethyl adjacent to an activating group) is 1. The Morgan fingerprint density at radius 1 is 0.879 bits per heavy atom. The summed E-state index contributed by atoms with van der Waals surface area (Å²) < 4.78 is 11.4. The van der Waals surface area contributed by atoms with Gasteiger partial charge >= 0.3 is 0 Å². The smallest absolute Gasteiger partial charge is 0.238 e. The van der Waals surface area contributed by atoms with Crippen molar-refractivity contribution >= 4 is 45.1 Å². The van der Waals surface area contributed by atoms with E-state index in [1.54, 1.807) is 25.1 Å². The number of benzene rings is 3. The Kier molecular flexibility index (Phi) is 6.33. The van der Waals surface area contributed by atoms with E-state index in [1.807, 2.05) is 62.4 Å². The Hall–Kier alpha value is -3.84. The first kappa shape index (κ1) is 22.4. The van der Waals surface area contributed by atoms with E-state index in [-0.39, 0.29) is 24.9 Å². The van der Waals surface area contributed by atoms with Crippen molar-refractivity contribution in [3.63, 3.8) is 0 Å². The van der Waals surface area contributed by atoms with E-state index < -0.39 is 0 Å². The minimum Gasteiger partial charge on any atom is -0.495 e. The molecular formula is C26H27N3O4. The Labute approximate surface area is 192 Å². The first-order valence-electron chi connectivity index (χ1n) is 10.7. The standard InChI is InChI=1S/C26H27N3O4/c1-16-8-7-9-17(2)26(16)28-25(31)15-29(3)14-24(30)27-20-13-22-19(12-23(20)32-4)18-10-5-6-11-21(18)33-22/h5-13H,14-15H2,1-4H3,(H,27,30)(H,28,31). The Bertz CT molecular complexity index is 1320. The van der Waals surface area contributed by atoms with Crippen molar-refractivity contribution in [2.45, 2.75) is 13.8 Å². The molecule has 7 heteroatoms. The minimum atomic E-state index is -0.258. The molecule has 0 aliphatic carbocycles. The van der Waals surface area contributed by atoms with Crippen molar-refractivity contribution in [3.05, 3.63) is 65.7 Å². The van der Waals surface area contributed by atoms with Crippen LogP contribution in [0.5, 0.6) is 5.75 Å². The van der Waals surface area contributed by atoms with Crippen molar-refractivity contribution < 1.29 is 18.7 Å². The van der Waals surface area contributed by atoms with E-state index in [9.17, 15) is 9.59 Å². The molecule has 0 aliphatic heterocycles. The molecule has 0 radical (unpaired) electrons. The van der Waals surface area contributed by atoms with Gasteiger partial charge in [0, 0.05) is 22.5 Å². The summed E-state index contributed by atoms with van der Waals surface area (Å²) in [5.74, 6) is 0.105. The number of nitrogens with zero attached hydrogens (tertiary/aromatic N) is 1. The van der Waals surface area contributed by atoms with Gasteiger partial charge in [-0.3, -0.25) is 14.5 Å². The predicted molar refractivity (Wildman–Crippen MR) is 131 cm³/mol. The maximum absolute atomic E-state index is 12.7. The Morgan fingerprint density at radius 3 is 2.24 bits per heavy atom. The van der Waals surface area contributed by atoms with Crippen molar-refractivity contribution in [3.8, 4) is 5.75 Å². The molecule has 0 unspecified atom stereocenters. The highest BCUT2D eigenvalue weighted by molar-refractivity contribution is 6.08.